The van der Waals surface area contributed by atoms with E-state index in [0.717, 1.165) is 17.8 Å². The number of halogens is 3. The van der Waals surface area contributed by atoms with Gasteiger partial charge in [0.1, 0.15) is 0 Å². The Morgan fingerprint density at radius 1 is 1.33 bits per heavy atom. The molecule has 0 aliphatic rings. The minimum atomic E-state index is -4.45. The van der Waals surface area contributed by atoms with Crippen molar-refractivity contribution in [1.29, 1.82) is 0 Å². The molecule has 2 rings (SSSR count). The van der Waals surface area contributed by atoms with Crippen LogP contribution in [0.5, 0.6) is 0 Å². The number of nitrogen functional groups attached to an aromatic ring is 1. The number of nitrogens with zero attached hydrogens (tertiary/aromatic N) is 2. The summed E-state index contributed by atoms with van der Waals surface area (Å²) >= 11 is 0. The summed E-state index contributed by atoms with van der Waals surface area (Å²) < 4.78 is 39.7. The highest BCUT2D eigenvalue weighted by molar-refractivity contribution is 5.50. The van der Waals surface area contributed by atoms with Crippen LogP contribution in [0.3, 0.4) is 0 Å². The number of aromatic nitrogens is 2. The lowest BCUT2D eigenvalue weighted by atomic mass is 9.99. The third kappa shape index (κ3) is 3.55. The lowest BCUT2D eigenvalue weighted by Gasteiger charge is -2.16. The minimum Gasteiger partial charge on any atom is -0.398 e. The molecule has 0 saturated carbocycles. The summed E-state index contributed by atoms with van der Waals surface area (Å²) in [6.07, 6.45) is -3.12. The SMILES string of the molecule is Cn1nccc1CCC(O)c1cc(C(F)(F)F)ccc1N. The van der Waals surface area contributed by atoms with E-state index in [2.05, 4.69) is 5.10 Å². The molecule has 0 fully saturated rings. The lowest BCUT2D eigenvalue weighted by molar-refractivity contribution is -0.137. The lowest BCUT2D eigenvalue weighted by Crippen LogP contribution is -2.10. The Labute approximate surface area is 120 Å². The monoisotopic (exact) mass is 299 g/mol. The van der Waals surface area contributed by atoms with Crippen LogP contribution in [0, 0.1) is 0 Å². The highest BCUT2D eigenvalue weighted by Gasteiger charge is 2.31. The number of aryl methyl sites for hydroxylation is 2. The van der Waals surface area contributed by atoms with Crippen molar-refractivity contribution in [3.05, 3.63) is 47.3 Å². The van der Waals surface area contributed by atoms with Crippen LogP contribution in [-0.4, -0.2) is 14.9 Å². The molecule has 0 saturated heterocycles. The number of alkyl halides is 3. The van der Waals surface area contributed by atoms with E-state index in [1.54, 1.807) is 24.0 Å². The molecule has 0 spiro atoms. The number of nitrogens with two attached hydrogens (primary N) is 1. The normalized spacial score (nSPS) is 13.4. The highest BCUT2D eigenvalue weighted by Crippen LogP contribution is 2.34. The standard InChI is InChI=1S/C14H16F3N3O/c1-20-10(6-7-19-20)3-5-13(21)11-8-9(14(15,16)17)2-4-12(11)18/h2,4,6-8,13,21H,3,5,18H2,1H3. The van der Waals surface area contributed by atoms with Crippen LogP contribution < -0.4 is 5.73 Å². The molecule has 4 nitrogen and oxygen atoms in total. The van der Waals surface area contributed by atoms with Gasteiger partial charge in [-0.25, -0.2) is 0 Å². The van der Waals surface area contributed by atoms with Gasteiger partial charge in [0.15, 0.2) is 0 Å². The van der Waals surface area contributed by atoms with Crippen molar-refractivity contribution in [3.8, 4) is 0 Å². The third-order valence-electron chi connectivity index (χ3n) is 3.37. The van der Waals surface area contributed by atoms with Gasteiger partial charge in [0.25, 0.3) is 0 Å². The fourth-order valence-corrected chi connectivity index (χ4v) is 2.13. The van der Waals surface area contributed by atoms with Crippen molar-refractivity contribution >= 4 is 5.69 Å². The molecule has 0 aliphatic heterocycles. The summed E-state index contributed by atoms with van der Waals surface area (Å²) in [6, 6.07) is 4.78. The Hall–Kier alpha value is -2.02. The van der Waals surface area contributed by atoms with Crippen LogP contribution in [-0.2, 0) is 19.6 Å². The molecular formula is C14H16F3N3O. The Bertz CT molecular complexity index is 622. The molecule has 1 atom stereocenters. The second-order valence-corrected chi connectivity index (χ2v) is 4.84. The summed E-state index contributed by atoms with van der Waals surface area (Å²) in [5.74, 6) is 0. The second-order valence-electron chi connectivity index (χ2n) is 4.84. The molecule has 1 heterocycles. The molecule has 114 valence electrons. The maximum absolute atomic E-state index is 12.7. The molecule has 2 aromatic rings. The van der Waals surface area contributed by atoms with Gasteiger partial charge in [-0.2, -0.15) is 18.3 Å². The van der Waals surface area contributed by atoms with Crippen molar-refractivity contribution < 1.29 is 18.3 Å². The molecule has 1 unspecified atom stereocenters. The number of rotatable bonds is 4. The molecule has 21 heavy (non-hydrogen) atoms. The van der Waals surface area contributed by atoms with E-state index in [4.69, 9.17) is 5.73 Å². The molecule has 0 aliphatic carbocycles. The van der Waals surface area contributed by atoms with E-state index in [1.165, 1.54) is 6.07 Å². The Kier molecular flexibility index (Phi) is 4.22. The first kappa shape index (κ1) is 15.4. The average Bonchev–Trinajstić information content (AvgIpc) is 2.80. The van der Waals surface area contributed by atoms with Crippen LogP contribution >= 0.6 is 0 Å². The van der Waals surface area contributed by atoms with Gasteiger partial charge in [-0.1, -0.05) is 0 Å². The van der Waals surface area contributed by atoms with Gasteiger partial charge >= 0.3 is 6.18 Å². The van der Waals surface area contributed by atoms with Gasteiger partial charge in [0.2, 0.25) is 0 Å². The van der Waals surface area contributed by atoms with Gasteiger partial charge in [0.05, 0.1) is 11.7 Å². The van der Waals surface area contributed by atoms with Crippen LogP contribution in [0.2, 0.25) is 0 Å². The van der Waals surface area contributed by atoms with E-state index < -0.39 is 17.8 Å². The summed E-state index contributed by atoms with van der Waals surface area (Å²) in [5.41, 5.74) is 6.00. The molecule has 3 N–H and O–H groups in total. The van der Waals surface area contributed by atoms with Gasteiger partial charge in [0, 0.05) is 30.2 Å². The van der Waals surface area contributed by atoms with E-state index in [9.17, 15) is 18.3 Å². The number of aliphatic hydroxyl groups is 1. The first-order valence-corrected chi connectivity index (χ1v) is 6.40. The summed E-state index contributed by atoms with van der Waals surface area (Å²) in [6.45, 7) is 0. The number of hydrogen-bond donors (Lipinski definition) is 2. The van der Waals surface area contributed by atoms with Gasteiger partial charge in [-0.05, 0) is 37.1 Å². The van der Waals surface area contributed by atoms with Gasteiger partial charge in [-0.3, -0.25) is 4.68 Å². The zero-order valence-corrected chi connectivity index (χ0v) is 11.4. The van der Waals surface area contributed by atoms with Crippen molar-refractivity contribution in [2.75, 3.05) is 5.73 Å². The predicted octanol–water partition coefficient (Wildman–Crippen LogP) is 2.69. The smallest absolute Gasteiger partial charge is 0.398 e. The van der Waals surface area contributed by atoms with Gasteiger partial charge < -0.3 is 10.8 Å². The van der Waals surface area contributed by atoms with Crippen molar-refractivity contribution in [3.63, 3.8) is 0 Å². The van der Waals surface area contributed by atoms with Crippen LogP contribution in [0.25, 0.3) is 0 Å². The Morgan fingerprint density at radius 2 is 2.05 bits per heavy atom. The largest absolute Gasteiger partial charge is 0.416 e. The van der Waals surface area contributed by atoms with Gasteiger partial charge in [-0.15, -0.1) is 0 Å². The van der Waals surface area contributed by atoms with Crippen molar-refractivity contribution in [2.45, 2.75) is 25.1 Å². The maximum Gasteiger partial charge on any atom is 0.416 e. The Balaban J connectivity index is 2.15. The number of anilines is 1. The van der Waals surface area contributed by atoms with Crippen LogP contribution in [0.4, 0.5) is 18.9 Å². The third-order valence-corrected chi connectivity index (χ3v) is 3.37. The quantitative estimate of drug-likeness (QED) is 0.853. The second kappa shape index (κ2) is 5.77. The molecular weight excluding hydrogens is 283 g/mol. The van der Waals surface area contributed by atoms with E-state index in [0.29, 0.717) is 6.42 Å². The fourth-order valence-electron chi connectivity index (χ4n) is 2.13. The first-order chi connectivity index (χ1) is 9.79. The molecule has 7 heteroatoms. The molecule has 0 amide bonds. The zero-order valence-electron chi connectivity index (χ0n) is 11.4. The summed E-state index contributed by atoms with van der Waals surface area (Å²) in [4.78, 5) is 0. The Morgan fingerprint density at radius 3 is 2.62 bits per heavy atom. The predicted molar refractivity (Wildman–Crippen MR) is 72.3 cm³/mol. The van der Waals surface area contributed by atoms with Crippen LogP contribution in [0.1, 0.15) is 29.3 Å². The fraction of sp³-hybridized carbons (Fsp3) is 0.357. The number of benzene rings is 1. The van der Waals surface area contributed by atoms with E-state index in [1.807, 2.05) is 0 Å². The van der Waals surface area contributed by atoms with Crippen LogP contribution in [0.15, 0.2) is 30.5 Å². The zero-order chi connectivity index (χ0) is 15.6. The first-order valence-electron chi connectivity index (χ1n) is 6.40. The molecule has 0 radical (unpaired) electrons. The topological polar surface area (TPSA) is 64.1 Å². The number of aliphatic hydroxyl groups excluding tert-OH is 1. The summed E-state index contributed by atoms with van der Waals surface area (Å²) in [7, 11) is 1.76. The van der Waals surface area contributed by atoms with Crippen molar-refractivity contribution in [2.24, 2.45) is 7.05 Å². The van der Waals surface area contributed by atoms with E-state index in [-0.39, 0.29) is 17.7 Å². The summed E-state index contributed by atoms with van der Waals surface area (Å²) in [5, 5.41) is 14.1. The maximum atomic E-state index is 12.7. The molecule has 1 aromatic heterocycles. The van der Waals surface area contributed by atoms with Crippen molar-refractivity contribution in [1.82, 2.24) is 9.78 Å². The molecule has 1 aromatic carbocycles. The average molecular weight is 299 g/mol. The minimum absolute atomic E-state index is 0.104. The number of hydrogen-bond acceptors (Lipinski definition) is 3. The van der Waals surface area contributed by atoms with E-state index >= 15 is 0 Å². The highest BCUT2D eigenvalue weighted by atomic mass is 19.4. The molecule has 0 bridgehead atoms.